The maximum absolute atomic E-state index is 12.8. The van der Waals surface area contributed by atoms with Crippen molar-refractivity contribution in [3.05, 3.63) is 35.4 Å². The number of rotatable bonds is 6. The van der Waals surface area contributed by atoms with Crippen LogP contribution in [0.15, 0.2) is 18.2 Å². The molecule has 1 unspecified atom stereocenters. The number of nitrogens with one attached hydrogen (secondary N) is 1. The van der Waals surface area contributed by atoms with E-state index < -0.39 is 23.5 Å². The first-order valence-corrected chi connectivity index (χ1v) is 5.38. The highest BCUT2D eigenvalue weighted by molar-refractivity contribution is 5.69. The van der Waals surface area contributed by atoms with Crippen LogP contribution in [0.2, 0.25) is 0 Å². The minimum atomic E-state index is -0.872. The van der Waals surface area contributed by atoms with Gasteiger partial charge in [-0.1, -0.05) is 13.0 Å². The number of carboxylic acids is 1. The molecular weight excluding hydrogens is 228 g/mol. The van der Waals surface area contributed by atoms with Gasteiger partial charge in [0.15, 0.2) is 11.6 Å². The third kappa shape index (κ3) is 4.48. The molecule has 1 rings (SSSR count). The fourth-order valence-corrected chi connectivity index (χ4v) is 1.32. The quantitative estimate of drug-likeness (QED) is 0.753. The molecule has 94 valence electrons. The number of hydrogen-bond donors (Lipinski definition) is 2. The van der Waals surface area contributed by atoms with Crippen LogP contribution in [0.5, 0.6) is 0 Å². The summed E-state index contributed by atoms with van der Waals surface area (Å²) >= 11 is 0. The first-order valence-electron chi connectivity index (χ1n) is 5.38. The zero-order chi connectivity index (χ0) is 12.8. The summed E-state index contributed by atoms with van der Waals surface area (Å²) in [5, 5.41) is 11.6. The molecule has 17 heavy (non-hydrogen) atoms. The molecule has 0 radical (unpaired) electrons. The zero-order valence-corrected chi connectivity index (χ0v) is 9.54. The predicted molar refractivity (Wildman–Crippen MR) is 59.5 cm³/mol. The molecule has 3 nitrogen and oxygen atoms in total. The Bertz CT molecular complexity index is 396. The van der Waals surface area contributed by atoms with Gasteiger partial charge in [-0.05, 0) is 30.7 Å². The predicted octanol–water partition coefficient (Wildman–Crippen LogP) is 2.17. The van der Waals surface area contributed by atoms with E-state index in [9.17, 15) is 13.6 Å². The average Bonchev–Trinajstić information content (AvgIpc) is 2.28. The largest absolute Gasteiger partial charge is 0.481 e. The van der Waals surface area contributed by atoms with Crippen LogP contribution in [0.1, 0.15) is 18.9 Å². The van der Waals surface area contributed by atoms with Gasteiger partial charge in [-0.3, -0.25) is 4.79 Å². The lowest BCUT2D eigenvalue weighted by molar-refractivity contribution is -0.141. The summed E-state index contributed by atoms with van der Waals surface area (Å²) in [6, 6.07) is 3.70. The molecule has 0 aromatic heterocycles. The van der Waals surface area contributed by atoms with Gasteiger partial charge in [-0.2, -0.15) is 0 Å². The molecular formula is C12H15F2NO2. The van der Waals surface area contributed by atoms with Gasteiger partial charge in [0.05, 0.1) is 5.92 Å². The second-order valence-electron chi connectivity index (χ2n) is 3.95. The van der Waals surface area contributed by atoms with Gasteiger partial charge >= 0.3 is 5.97 Å². The van der Waals surface area contributed by atoms with Crippen LogP contribution >= 0.6 is 0 Å². The molecule has 1 aromatic carbocycles. The number of hydrogen-bond acceptors (Lipinski definition) is 2. The van der Waals surface area contributed by atoms with Gasteiger partial charge in [0.25, 0.3) is 0 Å². The summed E-state index contributed by atoms with van der Waals surface area (Å²) in [4.78, 5) is 10.5. The molecule has 0 bridgehead atoms. The second-order valence-corrected chi connectivity index (χ2v) is 3.95. The van der Waals surface area contributed by atoms with E-state index in [1.165, 1.54) is 6.07 Å². The molecule has 0 heterocycles. The summed E-state index contributed by atoms with van der Waals surface area (Å²) in [7, 11) is 0. The van der Waals surface area contributed by atoms with E-state index in [-0.39, 0.29) is 0 Å². The summed E-state index contributed by atoms with van der Waals surface area (Å²) in [5.41, 5.74) is 0.631. The Labute approximate surface area is 98.5 Å². The van der Waals surface area contributed by atoms with Crippen LogP contribution in [0.3, 0.4) is 0 Å². The van der Waals surface area contributed by atoms with E-state index in [4.69, 9.17) is 5.11 Å². The summed E-state index contributed by atoms with van der Waals surface area (Å²) < 4.78 is 25.5. The Morgan fingerprint density at radius 1 is 1.41 bits per heavy atom. The highest BCUT2D eigenvalue weighted by atomic mass is 19.2. The monoisotopic (exact) mass is 243 g/mol. The van der Waals surface area contributed by atoms with Crippen molar-refractivity contribution in [3.63, 3.8) is 0 Å². The van der Waals surface area contributed by atoms with Crippen molar-refractivity contribution >= 4 is 5.97 Å². The highest BCUT2D eigenvalue weighted by Gasteiger charge is 2.09. The van der Waals surface area contributed by atoms with Crippen molar-refractivity contribution in [1.29, 1.82) is 0 Å². The number of benzene rings is 1. The Morgan fingerprint density at radius 2 is 2.12 bits per heavy atom. The van der Waals surface area contributed by atoms with Gasteiger partial charge in [0, 0.05) is 6.54 Å². The molecule has 0 aliphatic heterocycles. The molecule has 5 heteroatoms. The van der Waals surface area contributed by atoms with Crippen molar-refractivity contribution < 1.29 is 18.7 Å². The standard InChI is InChI=1S/C12H15F2NO2/c1-8(12(16)17)4-5-15-7-9-2-3-10(13)11(14)6-9/h2-3,6,8,15H,4-5,7H2,1H3,(H,16,17). The van der Waals surface area contributed by atoms with Crippen molar-refractivity contribution in [3.8, 4) is 0 Å². The Hall–Kier alpha value is -1.49. The topological polar surface area (TPSA) is 49.3 Å². The van der Waals surface area contributed by atoms with Crippen LogP contribution in [0.25, 0.3) is 0 Å². The molecule has 0 saturated carbocycles. The number of carbonyl (C=O) groups is 1. The van der Waals surface area contributed by atoms with Crippen molar-refractivity contribution in [1.82, 2.24) is 5.32 Å². The van der Waals surface area contributed by atoms with Gasteiger partial charge in [0.1, 0.15) is 0 Å². The maximum Gasteiger partial charge on any atom is 0.306 e. The first kappa shape index (κ1) is 13.6. The molecule has 0 spiro atoms. The summed E-state index contributed by atoms with van der Waals surface area (Å²) in [5.74, 6) is -2.98. The maximum atomic E-state index is 12.8. The number of aliphatic carboxylic acids is 1. The molecule has 1 aromatic rings. The van der Waals surface area contributed by atoms with Crippen LogP contribution in [0.4, 0.5) is 8.78 Å². The van der Waals surface area contributed by atoms with Crippen molar-refractivity contribution in [2.75, 3.05) is 6.54 Å². The minimum absolute atomic E-state index is 0.392. The van der Waals surface area contributed by atoms with E-state index >= 15 is 0 Å². The average molecular weight is 243 g/mol. The molecule has 0 aliphatic carbocycles. The van der Waals surface area contributed by atoms with Gasteiger partial charge < -0.3 is 10.4 Å². The fraction of sp³-hybridized carbons (Fsp3) is 0.417. The lowest BCUT2D eigenvalue weighted by atomic mass is 10.1. The lowest BCUT2D eigenvalue weighted by Crippen LogP contribution is -2.20. The van der Waals surface area contributed by atoms with Gasteiger partial charge in [0.2, 0.25) is 0 Å². The normalized spacial score (nSPS) is 12.4. The Kier molecular flexibility index (Phi) is 5.03. The van der Waals surface area contributed by atoms with Gasteiger partial charge in [-0.25, -0.2) is 8.78 Å². The minimum Gasteiger partial charge on any atom is -0.481 e. The van der Waals surface area contributed by atoms with Crippen LogP contribution in [-0.4, -0.2) is 17.6 Å². The van der Waals surface area contributed by atoms with Crippen LogP contribution in [0, 0.1) is 17.6 Å². The van der Waals surface area contributed by atoms with E-state index in [0.717, 1.165) is 12.1 Å². The molecule has 0 saturated heterocycles. The van der Waals surface area contributed by atoms with Crippen molar-refractivity contribution in [2.24, 2.45) is 5.92 Å². The summed E-state index contributed by atoms with van der Waals surface area (Å²) in [6.07, 6.45) is 0.499. The Balaban J connectivity index is 2.31. The zero-order valence-electron chi connectivity index (χ0n) is 9.54. The molecule has 0 aliphatic rings. The Morgan fingerprint density at radius 3 is 2.71 bits per heavy atom. The fourth-order valence-electron chi connectivity index (χ4n) is 1.32. The van der Waals surface area contributed by atoms with E-state index in [1.54, 1.807) is 6.92 Å². The number of carboxylic acid groups (broad SMARTS) is 1. The van der Waals surface area contributed by atoms with Crippen LogP contribution in [-0.2, 0) is 11.3 Å². The number of halogens is 2. The van der Waals surface area contributed by atoms with E-state index in [0.29, 0.717) is 25.1 Å². The van der Waals surface area contributed by atoms with E-state index in [1.807, 2.05) is 0 Å². The lowest BCUT2D eigenvalue weighted by Gasteiger charge is -2.08. The van der Waals surface area contributed by atoms with Crippen molar-refractivity contribution in [2.45, 2.75) is 19.9 Å². The molecule has 2 N–H and O–H groups in total. The summed E-state index contributed by atoms with van der Waals surface area (Å²) in [6.45, 7) is 2.54. The van der Waals surface area contributed by atoms with E-state index in [2.05, 4.69) is 5.32 Å². The molecule has 0 fully saturated rings. The molecule has 0 amide bonds. The molecule has 1 atom stereocenters. The van der Waals surface area contributed by atoms with Crippen LogP contribution < -0.4 is 5.32 Å². The van der Waals surface area contributed by atoms with Gasteiger partial charge in [-0.15, -0.1) is 0 Å². The SMILES string of the molecule is CC(CCNCc1ccc(F)c(F)c1)C(=O)O. The second kappa shape index (κ2) is 6.30. The third-order valence-electron chi connectivity index (χ3n) is 2.49. The first-order chi connectivity index (χ1) is 8.00. The third-order valence-corrected chi connectivity index (χ3v) is 2.49. The smallest absolute Gasteiger partial charge is 0.306 e. The highest BCUT2D eigenvalue weighted by Crippen LogP contribution is 2.08.